The molecule has 0 radical (unpaired) electrons. The molecule has 0 saturated carbocycles. The first kappa shape index (κ1) is 10.7. The van der Waals surface area contributed by atoms with Crippen LogP contribution in [0.5, 0.6) is 0 Å². The number of thiophene rings is 1. The summed E-state index contributed by atoms with van der Waals surface area (Å²) in [5.74, 6) is 0. The molecular formula is C12H19N3S. The maximum atomic E-state index is 6.36. The predicted octanol–water partition coefficient (Wildman–Crippen LogP) is 0.618. The van der Waals surface area contributed by atoms with E-state index in [0.717, 1.165) is 6.42 Å². The second-order valence-corrected chi connectivity index (χ2v) is 5.68. The number of nitrogens with two attached hydrogens (primary N) is 1. The van der Waals surface area contributed by atoms with E-state index in [1.54, 1.807) is 11.3 Å². The molecule has 16 heavy (non-hydrogen) atoms. The van der Waals surface area contributed by atoms with E-state index in [0.29, 0.717) is 6.04 Å². The Kier molecular flexibility index (Phi) is 2.98. The highest BCUT2D eigenvalue weighted by molar-refractivity contribution is 7.07. The summed E-state index contributed by atoms with van der Waals surface area (Å²) in [6.07, 6.45) is 1.03. The topological polar surface area (TPSA) is 32.5 Å². The monoisotopic (exact) mass is 237 g/mol. The molecule has 88 valence electrons. The van der Waals surface area contributed by atoms with E-state index in [4.69, 9.17) is 5.73 Å². The minimum absolute atomic E-state index is 0.290. The Morgan fingerprint density at radius 2 is 2.19 bits per heavy atom. The average Bonchev–Trinajstić information content (AvgIpc) is 2.83. The minimum atomic E-state index is 0.290. The molecule has 4 heteroatoms. The van der Waals surface area contributed by atoms with E-state index in [2.05, 4.69) is 26.6 Å². The number of piperazine rings is 3. The van der Waals surface area contributed by atoms with Crippen LogP contribution in [-0.4, -0.2) is 54.6 Å². The molecule has 0 spiro atoms. The molecule has 0 aliphatic carbocycles. The first-order valence-electron chi connectivity index (χ1n) is 6.06. The van der Waals surface area contributed by atoms with Gasteiger partial charge in [-0.15, -0.1) is 0 Å². The molecule has 2 bridgehead atoms. The van der Waals surface area contributed by atoms with Crippen LogP contribution in [0.1, 0.15) is 5.56 Å². The van der Waals surface area contributed by atoms with E-state index in [9.17, 15) is 0 Å². The zero-order valence-corrected chi connectivity index (χ0v) is 10.3. The molecule has 3 fully saturated rings. The summed E-state index contributed by atoms with van der Waals surface area (Å²) in [7, 11) is 0. The van der Waals surface area contributed by atoms with Crippen molar-refractivity contribution in [2.24, 2.45) is 5.73 Å². The Balaban J connectivity index is 1.64. The molecule has 2 unspecified atom stereocenters. The fourth-order valence-electron chi connectivity index (χ4n) is 2.88. The molecule has 3 nitrogen and oxygen atoms in total. The van der Waals surface area contributed by atoms with Crippen LogP contribution in [-0.2, 0) is 6.42 Å². The van der Waals surface area contributed by atoms with Crippen LogP contribution in [0.15, 0.2) is 16.8 Å². The molecule has 4 heterocycles. The fourth-order valence-corrected chi connectivity index (χ4v) is 3.56. The highest BCUT2D eigenvalue weighted by atomic mass is 32.1. The zero-order chi connectivity index (χ0) is 11.0. The average molecular weight is 237 g/mol. The summed E-state index contributed by atoms with van der Waals surface area (Å²) in [5.41, 5.74) is 7.76. The fraction of sp³-hybridized carbons (Fsp3) is 0.667. The molecule has 1 aromatic heterocycles. The van der Waals surface area contributed by atoms with Crippen molar-refractivity contribution in [3.63, 3.8) is 0 Å². The summed E-state index contributed by atoms with van der Waals surface area (Å²) in [6.45, 7) is 6.07. The number of rotatable bonds is 3. The van der Waals surface area contributed by atoms with Crippen LogP contribution in [0.3, 0.4) is 0 Å². The molecule has 4 rings (SSSR count). The Morgan fingerprint density at radius 1 is 1.38 bits per heavy atom. The molecule has 0 amide bonds. The van der Waals surface area contributed by atoms with Gasteiger partial charge in [-0.2, -0.15) is 11.3 Å². The molecular weight excluding hydrogens is 218 g/mol. The van der Waals surface area contributed by atoms with Crippen LogP contribution in [0.2, 0.25) is 0 Å². The molecule has 2 N–H and O–H groups in total. The smallest absolute Gasteiger partial charge is 0.0378 e. The number of hydrogen-bond acceptors (Lipinski definition) is 4. The van der Waals surface area contributed by atoms with Crippen molar-refractivity contribution >= 4 is 11.3 Å². The van der Waals surface area contributed by atoms with Crippen LogP contribution in [0.25, 0.3) is 0 Å². The third kappa shape index (κ3) is 2.02. The SMILES string of the molecule is NC(Cc1ccsc1)C1CN2CCN1CC2. The van der Waals surface area contributed by atoms with Crippen molar-refractivity contribution in [1.82, 2.24) is 9.80 Å². The van der Waals surface area contributed by atoms with Gasteiger partial charge in [-0.3, -0.25) is 9.80 Å². The van der Waals surface area contributed by atoms with E-state index in [1.807, 2.05) is 0 Å². The quantitative estimate of drug-likeness (QED) is 0.836. The summed E-state index contributed by atoms with van der Waals surface area (Å²) in [6, 6.07) is 3.06. The van der Waals surface area contributed by atoms with Gasteiger partial charge in [0.1, 0.15) is 0 Å². The Morgan fingerprint density at radius 3 is 2.75 bits per heavy atom. The van der Waals surface area contributed by atoms with Crippen molar-refractivity contribution in [2.45, 2.75) is 18.5 Å². The lowest BCUT2D eigenvalue weighted by Crippen LogP contribution is -2.66. The van der Waals surface area contributed by atoms with Crippen molar-refractivity contribution in [3.05, 3.63) is 22.4 Å². The van der Waals surface area contributed by atoms with Gasteiger partial charge in [0.25, 0.3) is 0 Å². The molecule has 0 aromatic carbocycles. The van der Waals surface area contributed by atoms with E-state index in [1.165, 1.54) is 38.3 Å². The van der Waals surface area contributed by atoms with E-state index < -0.39 is 0 Å². The first-order chi connectivity index (χ1) is 7.83. The van der Waals surface area contributed by atoms with Crippen molar-refractivity contribution in [1.29, 1.82) is 0 Å². The van der Waals surface area contributed by atoms with Crippen molar-refractivity contribution in [3.8, 4) is 0 Å². The van der Waals surface area contributed by atoms with Crippen molar-refractivity contribution in [2.75, 3.05) is 32.7 Å². The van der Waals surface area contributed by atoms with Gasteiger partial charge in [-0.1, -0.05) is 0 Å². The van der Waals surface area contributed by atoms with Crippen molar-refractivity contribution < 1.29 is 0 Å². The second kappa shape index (κ2) is 4.45. The summed E-state index contributed by atoms with van der Waals surface area (Å²) >= 11 is 1.76. The summed E-state index contributed by atoms with van der Waals surface area (Å²) in [5, 5.41) is 4.36. The highest BCUT2D eigenvalue weighted by Crippen LogP contribution is 2.19. The lowest BCUT2D eigenvalue weighted by molar-refractivity contribution is 0.00260. The standard InChI is InChI=1S/C12H19N3S/c13-11(7-10-1-6-16-9-10)12-8-14-2-4-15(12)5-3-14/h1,6,9,11-12H,2-5,7-8,13H2. The Hall–Kier alpha value is -0.420. The van der Waals surface area contributed by atoms with Crippen LogP contribution >= 0.6 is 11.3 Å². The number of nitrogens with zero attached hydrogens (tertiary/aromatic N) is 2. The Bertz CT molecular complexity index is 330. The van der Waals surface area contributed by atoms with Gasteiger partial charge < -0.3 is 5.73 Å². The normalized spacial score (nSPS) is 35.2. The maximum Gasteiger partial charge on any atom is 0.0378 e. The number of hydrogen-bond donors (Lipinski definition) is 1. The van der Waals surface area contributed by atoms with Gasteiger partial charge in [-0.05, 0) is 28.8 Å². The zero-order valence-electron chi connectivity index (χ0n) is 9.51. The van der Waals surface area contributed by atoms with Gasteiger partial charge in [-0.25, -0.2) is 0 Å². The summed E-state index contributed by atoms with van der Waals surface area (Å²) < 4.78 is 0. The first-order valence-corrected chi connectivity index (χ1v) is 7.00. The maximum absolute atomic E-state index is 6.36. The molecule has 2 atom stereocenters. The summed E-state index contributed by atoms with van der Waals surface area (Å²) in [4.78, 5) is 5.13. The van der Waals surface area contributed by atoms with Crippen LogP contribution < -0.4 is 5.73 Å². The van der Waals surface area contributed by atoms with Gasteiger partial charge in [0, 0.05) is 44.8 Å². The minimum Gasteiger partial charge on any atom is -0.326 e. The molecule has 3 aliphatic heterocycles. The lowest BCUT2D eigenvalue weighted by atomic mass is 9.96. The van der Waals surface area contributed by atoms with E-state index in [-0.39, 0.29) is 6.04 Å². The van der Waals surface area contributed by atoms with Gasteiger partial charge in [0.2, 0.25) is 0 Å². The van der Waals surface area contributed by atoms with Gasteiger partial charge >= 0.3 is 0 Å². The van der Waals surface area contributed by atoms with Crippen LogP contribution in [0.4, 0.5) is 0 Å². The van der Waals surface area contributed by atoms with Gasteiger partial charge in [0.05, 0.1) is 0 Å². The van der Waals surface area contributed by atoms with Gasteiger partial charge in [0.15, 0.2) is 0 Å². The Labute approximate surface area is 101 Å². The molecule has 3 saturated heterocycles. The predicted molar refractivity (Wildman–Crippen MR) is 67.8 cm³/mol. The largest absolute Gasteiger partial charge is 0.326 e. The van der Waals surface area contributed by atoms with E-state index >= 15 is 0 Å². The third-order valence-electron chi connectivity index (χ3n) is 3.87. The molecule has 3 aliphatic rings. The molecule has 1 aromatic rings. The third-order valence-corrected chi connectivity index (χ3v) is 4.60. The lowest BCUT2D eigenvalue weighted by Gasteiger charge is -2.49. The highest BCUT2D eigenvalue weighted by Gasteiger charge is 2.35. The van der Waals surface area contributed by atoms with Crippen LogP contribution in [0, 0.1) is 0 Å². The second-order valence-electron chi connectivity index (χ2n) is 4.90. The number of fused-ring (bicyclic) bond motifs is 3.